The zero-order valence-corrected chi connectivity index (χ0v) is 19.3. The molecule has 0 bridgehead atoms. The second-order valence-corrected chi connectivity index (χ2v) is 8.30. The van der Waals surface area contributed by atoms with Crippen LogP contribution in [0.25, 0.3) is 0 Å². The Morgan fingerprint density at radius 1 is 1.08 bits per heavy atom. The molecule has 2 aliphatic heterocycles. The molecule has 1 aromatic carbocycles. The van der Waals surface area contributed by atoms with Crippen molar-refractivity contribution in [2.75, 3.05) is 13.4 Å². The number of hydrogen-bond acceptors (Lipinski definition) is 10. The molecule has 36 heavy (non-hydrogen) atoms. The van der Waals surface area contributed by atoms with Crippen molar-refractivity contribution < 1.29 is 38.1 Å². The van der Waals surface area contributed by atoms with Crippen molar-refractivity contribution in [2.24, 2.45) is 0 Å². The zero-order chi connectivity index (χ0) is 25.7. The normalized spacial score (nSPS) is 22.9. The van der Waals surface area contributed by atoms with Crippen molar-refractivity contribution in [1.29, 1.82) is 0 Å². The molecule has 190 valence electrons. The molecule has 0 spiro atoms. The fourth-order valence-electron chi connectivity index (χ4n) is 3.69. The van der Waals surface area contributed by atoms with Gasteiger partial charge in [-0.05, 0) is 18.6 Å². The average Bonchev–Trinajstić information content (AvgIpc) is 3.46. The van der Waals surface area contributed by atoms with Crippen molar-refractivity contribution in [1.82, 2.24) is 9.55 Å². The molecule has 2 aliphatic rings. The molecular formula is C24H24N2O10. The molecule has 3 heterocycles. The lowest BCUT2D eigenvalue weighted by Crippen LogP contribution is -2.42. The van der Waals surface area contributed by atoms with Crippen LogP contribution in [0.5, 0.6) is 0 Å². The molecule has 1 N–H and O–H groups in total. The molecule has 1 aromatic heterocycles. The molecule has 3 atom stereocenters. The average molecular weight is 500 g/mol. The van der Waals surface area contributed by atoms with Crippen molar-refractivity contribution in [2.45, 2.75) is 44.3 Å². The van der Waals surface area contributed by atoms with Crippen LogP contribution in [0.15, 0.2) is 58.3 Å². The van der Waals surface area contributed by atoms with Gasteiger partial charge in [0.1, 0.15) is 19.3 Å². The first-order chi connectivity index (χ1) is 17.3. The third-order valence-corrected chi connectivity index (χ3v) is 5.63. The maximum absolute atomic E-state index is 12.5. The summed E-state index contributed by atoms with van der Waals surface area (Å²) in [6, 6.07) is 8.97. The van der Waals surface area contributed by atoms with E-state index in [1.165, 1.54) is 10.8 Å². The maximum Gasteiger partial charge on any atom is 0.341 e. The van der Waals surface area contributed by atoms with Crippen LogP contribution in [0.4, 0.5) is 0 Å². The lowest BCUT2D eigenvalue weighted by Gasteiger charge is -2.22. The van der Waals surface area contributed by atoms with Crippen LogP contribution in [0, 0.1) is 6.92 Å². The van der Waals surface area contributed by atoms with Crippen LogP contribution >= 0.6 is 0 Å². The van der Waals surface area contributed by atoms with E-state index < -0.39 is 66.7 Å². The Morgan fingerprint density at radius 3 is 2.50 bits per heavy atom. The van der Waals surface area contributed by atoms with E-state index in [9.17, 15) is 24.0 Å². The molecule has 0 amide bonds. The summed E-state index contributed by atoms with van der Waals surface area (Å²) in [5, 5.41) is 0. The number of nitrogens with one attached hydrogen (secondary N) is 1. The maximum atomic E-state index is 12.5. The lowest BCUT2D eigenvalue weighted by atomic mass is 9.95. The van der Waals surface area contributed by atoms with Gasteiger partial charge in [0, 0.05) is 11.8 Å². The van der Waals surface area contributed by atoms with Gasteiger partial charge in [0.25, 0.3) is 5.56 Å². The highest BCUT2D eigenvalue weighted by Gasteiger charge is 2.50. The van der Waals surface area contributed by atoms with Crippen molar-refractivity contribution in [3.63, 3.8) is 0 Å². The first-order valence-corrected chi connectivity index (χ1v) is 11.1. The first-order valence-electron chi connectivity index (χ1n) is 11.1. The van der Waals surface area contributed by atoms with Gasteiger partial charge in [0.15, 0.2) is 18.6 Å². The number of ether oxygens (including phenoxy) is 5. The summed E-state index contributed by atoms with van der Waals surface area (Å²) in [4.78, 5) is 63.0. The predicted molar refractivity (Wildman–Crippen MR) is 120 cm³/mol. The Morgan fingerprint density at radius 2 is 1.81 bits per heavy atom. The third-order valence-electron chi connectivity index (χ3n) is 5.63. The number of esters is 3. The summed E-state index contributed by atoms with van der Waals surface area (Å²) >= 11 is 0. The van der Waals surface area contributed by atoms with Crippen LogP contribution in [0.2, 0.25) is 0 Å². The summed E-state index contributed by atoms with van der Waals surface area (Å²) in [5.74, 6) is -2.42. The van der Waals surface area contributed by atoms with Gasteiger partial charge >= 0.3 is 23.6 Å². The summed E-state index contributed by atoms with van der Waals surface area (Å²) in [5.41, 5.74) is -1.89. The molecule has 4 rings (SSSR count). The van der Waals surface area contributed by atoms with Crippen LogP contribution in [-0.2, 0) is 44.7 Å². The summed E-state index contributed by atoms with van der Waals surface area (Å²) in [6.07, 6.45) is 1.99. The standard InChI is InChI=1S/C24H24N2O10/c1-15-11-26(23(31)25-21(15)29)18-8-7-17(36-18)13-33-20(28)10-24(22(30)34-14-35-24)9-19(27)32-12-16-5-3-2-4-6-16/h2-8,11,17-18H,9-10,12-14H2,1H3,(H,25,29,31). The number of H-pyrrole nitrogens is 1. The Kier molecular flexibility index (Phi) is 7.46. The minimum atomic E-state index is -1.85. The van der Waals surface area contributed by atoms with Crippen molar-refractivity contribution in [3.05, 3.63) is 80.6 Å². The van der Waals surface area contributed by atoms with Crippen molar-refractivity contribution in [3.8, 4) is 0 Å². The monoisotopic (exact) mass is 500 g/mol. The van der Waals surface area contributed by atoms with E-state index in [-0.39, 0.29) is 13.2 Å². The second kappa shape index (κ2) is 10.7. The highest BCUT2D eigenvalue weighted by molar-refractivity contribution is 5.91. The highest BCUT2D eigenvalue weighted by atomic mass is 16.7. The van der Waals surface area contributed by atoms with Gasteiger partial charge in [-0.3, -0.25) is 23.9 Å². The van der Waals surface area contributed by atoms with E-state index in [0.29, 0.717) is 5.56 Å². The number of aromatic nitrogens is 2. The van der Waals surface area contributed by atoms with Gasteiger partial charge < -0.3 is 23.7 Å². The molecule has 12 nitrogen and oxygen atoms in total. The first kappa shape index (κ1) is 25.1. The van der Waals surface area contributed by atoms with E-state index in [1.807, 2.05) is 6.07 Å². The van der Waals surface area contributed by atoms with Gasteiger partial charge in [0.05, 0.1) is 12.8 Å². The fraction of sp³-hybridized carbons (Fsp3) is 0.375. The summed E-state index contributed by atoms with van der Waals surface area (Å²) in [6.45, 7) is 0.934. The molecule has 12 heteroatoms. The lowest BCUT2D eigenvalue weighted by molar-refractivity contribution is -0.164. The smallest absolute Gasteiger partial charge is 0.341 e. The summed E-state index contributed by atoms with van der Waals surface area (Å²) in [7, 11) is 0. The van der Waals surface area contributed by atoms with E-state index in [4.69, 9.17) is 23.7 Å². The van der Waals surface area contributed by atoms with Crippen LogP contribution < -0.4 is 11.2 Å². The number of hydrogen-bond donors (Lipinski definition) is 1. The van der Waals surface area contributed by atoms with Gasteiger partial charge in [-0.1, -0.05) is 36.4 Å². The molecular weight excluding hydrogens is 476 g/mol. The number of nitrogens with zero attached hydrogens (tertiary/aromatic N) is 1. The van der Waals surface area contributed by atoms with Gasteiger partial charge in [-0.25, -0.2) is 9.59 Å². The number of carbonyl (C=O) groups excluding carboxylic acids is 3. The van der Waals surface area contributed by atoms with E-state index in [0.717, 1.165) is 5.56 Å². The number of aromatic amines is 1. The Hall–Kier alpha value is -4.03. The molecule has 3 unspecified atom stereocenters. The molecule has 0 radical (unpaired) electrons. The molecule has 0 aliphatic carbocycles. The Bertz CT molecular complexity index is 1280. The van der Waals surface area contributed by atoms with Gasteiger partial charge in [-0.15, -0.1) is 0 Å². The number of cyclic esters (lactones) is 1. The fourth-order valence-corrected chi connectivity index (χ4v) is 3.69. The third kappa shape index (κ3) is 5.78. The zero-order valence-electron chi connectivity index (χ0n) is 19.3. The molecule has 0 saturated carbocycles. The van der Waals surface area contributed by atoms with Crippen molar-refractivity contribution >= 4 is 17.9 Å². The molecule has 1 saturated heterocycles. The van der Waals surface area contributed by atoms with Gasteiger partial charge in [-0.2, -0.15) is 0 Å². The Balaban J connectivity index is 1.30. The number of carbonyl (C=O) groups is 3. The van der Waals surface area contributed by atoms with Crippen LogP contribution in [-0.4, -0.2) is 52.6 Å². The summed E-state index contributed by atoms with van der Waals surface area (Å²) < 4.78 is 27.5. The predicted octanol–water partition coefficient (Wildman–Crippen LogP) is 0.635. The van der Waals surface area contributed by atoms with E-state index in [2.05, 4.69) is 4.98 Å². The van der Waals surface area contributed by atoms with E-state index >= 15 is 0 Å². The molecule has 2 aromatic rings. The molecule has 1 fully saturated rings. The SMILES string of the molecule is Cc1cn(C2C=CC(COC(=O)CC3(CC(=O)OCc4ccccc4)OCOC3=O)O2)c(=O)[nH]c1=O. The second-order valence-electron chi connectivity index (χ2n) is 8.30. The topological polar surface area (TPSA) is 152 Å². The number of benzene rings is 1. The highest BCUT2D eigenvalue weighted by Crippen LogP contribution is 2.29. The number of rotatable bonds is 9. The minimum absolute atomic E-state index is 0.000316. The number of aryl methyl sites for hydroxylation is 1. The van der Waals surface area contributed by atoms with E-state index in [1.54, 1.807) is 43.3 Å². The quantitative estimate of drug-likeness (QED) is 0.295. The largest absolute Gasteiger partial charge is 0.462 e. The Labute approximate surface area is 204 Å². The van der Waals surface area contributed by atoms with Gasteiger partial charge in [0.2, 0.25) is 0 Å². The van der Waals surface area contributed by atoms with Crippen LogP contribution in [0.3, 0.4) is 0 Å². The minimum Gasteiger partial charge on any atom is -0.462 e. The van der Waals surface area contributed by atoms with Crippen LogP contribution in [0.1, 0.15) is 30.2 Å².